The number of aliphatic hydroxyl groups is 1. The number of hydrogen-bond donors (Lipinski definition) is 1. The lowest BCUT2D eigenvalue weighted by Crippen LogP contribution is -2.34. The zero-order valence-corrected chi connectivity index (χ0v) is 21.4. The molecule has 35 heavy (non-hydrogen) atoms. The molecule has 0 radical (unpaired) electrons. The van der Waals surface area contributed by atoms with Crippen LogP contribution < -0.4 is 14.2 Å². The number of aliphatic hydroxyl groups excluding tert-OH is 1. The molecule has 1 unspecified atom stereocenters. The van der Waals surface area contributed by atoms with Crippen LogP contribution in [0.4, 0.5) is 0 Å². The molecule has 5 atom stereocenters. The SMILES string of the molecule is COCOc1cc(OC)c(OC)c2c1C(=O)O[C@@H](C)[C@H](C)/C=C\C(O)[C@H]1OC(C)(C)O[C@H]1C/C=C/2. The van der Waals surface area contributed by atoms with E-state index in [2.05, 4.69) is 0 Å². The van der Waals surface area contributed by atoms with Gasteiger partial charge in [-0.25, -0.2) is 4.79 Å². The Kier molecular flexibility index (Phi) is 8.82. The van der Waals surface area contributed by atoms with Crippen LogP contribution in [-0.2, 0) is 18.9 Å². The van der Waals surface area contributed by atoms with E-state index in [1.165, 1.54) is 21.3 Å². The maximum atomic E-state index is 13.4. The van der Waals surface area contributed by atoms with Gasteiger partial charge in [-0.15, -0.1) is 0 Å². The van der Waals surface area contributed by atoms with Crippen LogP contribution in [0.5, 0.6) is 17.2 Å². The minimum Gasteiger partial charge on any atom is -0.493 e. The summed E-state index contributed by atoms with van der Waals surface area (Å²) in [6, 6.07) is 1.58. The van der Waals surface area contributed by atoms with Crippen molar-refractivity contribution in [2.24, 2.45) is 5.92 Å². The standard InChI is InChI=1S/C26H36O9/c1-15-11-12-18(27)24-19(34-26(3,4)35-24)10-8-9-17-22(25(28)33-16(15)2)20(32-14-29-5)13-21(30-6)23(17)31-7/h8-9,11-13,15-16,18-19,24,27H,10,14H2,1-7H3/b9-8+,12-11-/t15-,16+,18?,19+,24-/m1/s1. The summed E-state index contributed by atoms with van der Waals surface area (Å²) in [4.78, 5) is 13.4. The van der Waals surface area contributed by atoms with E-state index in [9.17, 15) is 9.90 Å². The first-order chi connectivity index (χ1) is 16.6. The third-order valence-corrected chi connectivity index (χ3v) is 6.06. The molecule has 1 N–H and O–H groups in total. The quantitative estimate of drug-likeness (QED) is 0.374. The summed E-state index contributed by atoms with van der Waals surface area (Å²) < 4.78 is 39.8. The van der Waals surface area contributed by atoms with Gasteiger partial charge in [0.05, 0.1) is 20.3 Å². The number of cyclic esters (lactones) is 1. The second-order valence-corrected chi connectivity index (χ2v) is 9.07. The number of benzene rings is 1. The Morgan fingerprint density at radius 2 is 1.83 bits per heavy atom. The molecular weight excluding hydrogens is 456 g/mol. The maximum absolute atomic E-state index is 13.4. The van der Waals surface area contributed by atoms with Gasteiger partial charge in [0.2, 0.25) is 0 Å². The van der Waals surface area contributed by atoms with Crippen LogP contribution in [0.25, 0.3) is 6.08 Å². The number of rotatable bonds is 5. The number of carbonyl (C=O) groups excluding carboxylic acids is 1. The first-order valence-corrected chi connectivity index (χ1v) is 11.6. The minimum absolute atomic E-state index is 0.0739. The Bertz CT molecular complexity index is 953. The fraction of sp³-hybridized carbons (Fsp3) is 0.577. The molecule has 1 aromatic rings. The van der Waals surface area contributed by atoms with Crippen molar-refractivity contribution in [1.82, 2.24) is 0 Å². The van der Waals surface area contributed by atoms with Crippen molar-refractivity contribution in [2.45, 2.75) is 64.3 Å². The van der Waals surface area contributed by atoms with Gasteiger partial charge in [-0.2, -0.15) is 0 Å². The number of carbonyl (C=O) groups is 1. The number of methoxy groups -OCH3 is 3. The summed E-state index contributed by atoms with van der Waals surface area (Å²) >= 11 is 0. The van der Waals surface area contributed by atoms with E-state index >= 15 is 0 Å². The average molecular weight is 493 g/mol. The van der Waals surface area contributed by atoms with Crippen molar-refractivity contribution in [3.05, 3.63) is 35.4 Å². The van der Waals surface area contributed by atoms with Gasteiger partial charge < -0.3 is 38.3 Å². The Labute approximate surface area is 206 Å². The predicted molar refractivity (Wildman–Crippen MR) is 129 cm³/mol. The number of hydrogen-bond acceptors (Lipinski definition) is 9. The minimum atomic E-state index is -0.889. The monoisotopic (exact) mass is 492 g/mol. The van der Waals surface area contributed by atoms with Crippen LogP contribution in [-0.4, -0.2) is 69.4 Å². The first-order valence-electron chi connectivity index (χ1n) is 11.6. The van der Waals surface area contributed by atoms with Crippen molar-refractivity contribution in [3.8, 4) is 17.2 Å². The van der Waals surface area contributed by atoms with Gasteiger partial charge in [0.1, 0.15) is 29.6 Å². The highest BCUT2D eigenvalue weighted by atomic mass is 16.8. The van der Waals surface area contributed by atoms with E-state index in [0.29, 0.717) is 23.5 Å². The summed E-state index contributed by atoms with van der Waals surface area (Å²) in [6.07, 6.45) is 5.11. The van der Waals surface area contributed by atoms with Crippen LogP contribution >= 0.6 is 0 Å². The molecule has 1 aromatic carbocycles. The third-order valence-electron chi connectivity index (χ3n) is 6.06. The molecule has 0 aromatic heterocycles. The number of esters is 1. The molecule has 0 spiro atoms. The highest BCUT2D eigenvalue weighted by Gasteiger charge is 2.43. The molecule has 0 saturated carbocycles. The molecular formula is C26H36O9. The summed E-state index contributed by atoms with van der Waals surface area (Å²) in [6.45, 7) is 7.24. The van der Waals surface area contributed by atoms with Crippen molar-refractivity contribution in [2.75, 3.05) is 28.1 Å². The summed E-state index contributed by atoms with van der Waals surface area (Å²) in [5, 5.41) is 10.8. The van der Waals surface area contributed by atoms with Gasteiger partial charge in [0.25, 0.3) is 0 Å². The zero-order chi connectivity index (χ0) is 25.8. The lowest BCUT2D eigenvalue weighted by molar-refractivity contribution is -0.152. The Hall–Kier alpha value is -2.59. The van der Waals surface area contributed by atoms with Crippen molar-refractivity contribution >= 4 is 12.0 Å². The van der Waals surface area contributed by atoms with E-state index in [1.807, 2.05) is 32.9 Å². The zero-order valence-electron chi connectivity index (χ0n) is 21.4. The molecule has 1 fully saturated rings. The summed E-state index contributed by atoms with van der Waals surface area (Å²) in [5.74, 6) is -0.631. The smallest absolute Gasteiger partial charge is 0.342 e. The normalized spacial score (nSPS) is 30.3. The molecule has 1 saturated heterocycles. The van der Waals surface area contributed by atoms with Crippen LogP contribution in [0.2, 0.25) is 0 Å². The first kappa shape index (κ1) is 27.0. The molecule has 194 valence electrons. The molecule has 3 rings (SSSR count). The molecule has 0 aliphatic carbocycles. The Morgan fingerprint density at radius 1 is 1.09 bits per heavy atom. The Morgan fingerprint density at radius 3 is 2.49 bits per heavy atom. The highest BCUT2D eigenvalue weighted by molar-refractivity contribution is 5.99. The van der Waals surface area contributed by atoms with Crippen molar-refractivity contribution in [3.63, 3.8) is 0 Å². The van der Waals surface area contributed by atoms with E-state index in [4.69, 9.17) is 33.2 Å². The topological polar surface area (TPSA) is 102 Å². The lowest BCUT2D eigenvalue weighted by Gasteiger charge is -2.23. The number of fused-ring (bicyclic) bond motifs is 2. The summed E-state index contributed by atoms with van der Waals surface area (Å²) in [5.41, 5.74) is 0.627. The molecule has 0 bridgehead atoms. The summed E-state index contributed by atoms with van der Waals surface area (Å²) in [7, 11) is 4.49. The van der Waals surface area contributed by atoms with Gasteiger partial charge in [0.15, 0.2) is 24.1 Å². The van der Waals surface area contributed by atoms with Gasteiger partial charge in [-0.1, -0.05) is 31.2 Å². The van der Waals surface area contributed by atoms with Gasteiger partial charge in [-0.05, 0) is 27.2 Å². The largest absolute Gasteiger partial charge is 0.493 e. The molecule has 2 aliphatic heterocycles. The fourth-order valence-corrected chi connectivity index (χ4v) is 4.15. The van der Waals surface area contributed by atoms with Crippen LogP contribution in [0, 0.1) is 5.92 Å². The van der Waals surface area contributed by atoms with Crippen molar-refractivity contribution < 1.29 is 43.1 Å². The van der Waals surface area contributed by atoms with Crippen LogP contribution in [0.1, 0.15) is 50.0 Å². The van der Waals surface area contributed by atoms with E-state index in [-0.39, 0.29) is 24.0 Å². The van der Waals surface area contributed by atoms with Gasteiger partial charge >= 0.3 is 5.97 Å². The molecule has 2 heterocycles. The number of ether oxygens (including phenoxy) is 7. The molecule has 9 heteroatoms. The average Bonchev–Trinajstić information content (AvgIpc) is 3.13. The second-order valence-electron chi connectivity index (χ2n) is 9.07. The highest BCUT2D eigenvalue weighted by Crippen LogP contribution is 2.42. The Balaban J connectivity index is 2.15. The predicted octanol–water partition coefficient (Wildman–Crippen LogP) is 3.72. The van der Waals surface area contributed by atoms with E-state index in [0.717, 1.165) is 0 Å². The third kappa shape index (κ3) is 6.16. The van der Waals surface area contributed by atoms with Crippen LogP contribution in [0.15, 0.2) is 24.3 Å². The van der Waals surface area contributed by atoms with Gasteiger partial charge in [-0.3, -0.25) is 0 Å². The van der Waals surface area contributed by atoms with Crippen LogP contribution in [0.3, 0.4) is 0 Å². The van der Waals surface area contributed by atoms with E-state index in [1.54, 1.807) is 25.1 Å². The van der Waals surface area contributed by atoms with Crippen molar-refractivity contribution in [1.29, 1.82) is 0 Å². The van der Waals surface area contributed by atoms with E-state index < -0.39 is 36.2 Å². The molecule has 0 amide bonds. The second kappa shape index (κ2) is 11.4. The molecule has 2 aliphatic rings. The lowest BCUT2D eigenvalue weighted by atomic mass is 9.98. The van der Waals surface area contributed by atoms with Gasteiger partial charge in [0, 0.05) is 24.7 Å². The molecule has 9 nitrogen and oxygen atoms in total. The maximum Gasteiger partial charge on any atom is 0.342 e. The fourth-order valence-electron chi connectivity index (χ4n) is 4.15.